The zero-order valence-corrected chi connectivity index (χ0v) is 10.9. The second-order valence-electron chi connectivity index (χ2n) is 4.62. The molecule has 0 spiro atoms. The van der Waals surface area contributed by atoms with Gasteiger partial charge in [0.1, 0.15) is 0 Å². The number of hydrogen-bond acceptors (Lipinski definition) is 2. The molecule has 98 valence electrons. The van der Waals surface area contributed by atoms with Crippen LogP contribution in [0.3, 0.4) is 0 Å². The number of ketones is 1. The molecule has 0 aliphatic rings. The second kappa shape index (κ2) is 6.86. The summed E-state index contributed by atoms with van der Waals surface area (Å²) >= 11 is 0. The Morgan fingerprint density at radius 1 is 0.895 bits per heavy atom. The van der Waals surface area contributed by atoms with Crippen LogP contribution in [0.2, 0.25) is 0 Å². The quantitative estimate of drug-likeness (QED) is 0.802. The smallest absolute Gasteiger partial charge is 0.162 e. The normalized spacial score (nSPS) is 10.4. The van der Waals surface area contributed by atoms with E-state index >= 15 is 0 Å². The van der Waals surface area contributed by atoms with Gasteiger partial charge in [0, 0.05) is 12.0 Å². The van der Waals surface area contributed by atoms with Gasteiger partial charge in [0.25, 0.3) is 0 Å². The minimum absolute atomic E-state index is 0.0762. The van der Waals surface area contributed by atoms with Gasteiger partial charge in [-0.15, -0.1) is 0 Å². The van der Waals surface area contributed by atoms with E-state index in [2.05, 4.69) is 0 Å². The number of aliphatic hydroxyl groups excluding tert-OH is 1. The van der Waals surface area contributed by atoms with Crippen molar-refractivity contribution in [2.24, 2.45) is 0 Å². The molecule has 0 aromatic heterocycles. The summed E-state index contributed by atoms with van der Waals surface area (Å²) in [6.07, 6.45) is 2.32. The largest absolute Gasteiger partial charge is 0.392 e. The van der Waals surface area contributed by atoms with Crippen LogP contribution in [0.25, 0.3) is 0 Å². The third-order valence-corrected chi connectivity index (χ3v) is 3.17. The molecule has 0 saturated heterocycles. The summed E-state index contributed by atoms with van der Waals surface area (Å²) in [6.45, 7) is 0.0762. The lowest BCUT2D eigenvalue weighted by Crippen LogP contribution is -1.99. The molecule has 1 N–H and O–H groups in total. The van der Waals surface area contributed by atoms with Crippen molar-refractivity contribution >= 4 is 5.78 Å². The second-order valence-corrected chi connectivity index (χ2v) is 4.62. The van der Waals surface area contributed by atoms with E-state index in [0.29, 0.717) is 6.42 Å². The molecule has 0 fully saturated rings. The molecule has 0 atom stereocenters. The molecule has 19 heavy (non-hydrogen) atoms. The summed E-state index contributed by atoms with van der Waals surface area (Å²) < 4.78 is 0. The van der Waals surface area contributed by atoms with E-state index < -0.39 is 0 Å². The van der Waals surface area contributed by atoms with Gasteiger partial charge in [0.05, 0.1) is 6.61 Å². The van der Waals surface area contributed by atoms with Crippen molar-refractivity contribution in [3.05, 3.63) is 71.3 Å². The lowest BCUT2D eigenvalue weighted by molar-refractivity contribution is 0.0980. The van der Waals surface area contributed by atoms with Gasteiger partial charge >= 0.3 is 0 Å². The van der Waals surface area contributed by atoms with Crippen LogP contribution < -0.4 is 0 Å². The maximum Gasteiger partial charge on any atom is 0.162 e. The van der Waals surface area contributed by atoms with Gasteiger partial charge in [-0.2, -0.15) is 0 Å². The van der Waals surface area contributed by atoms with Crippen molar-refractivity contribution in [3.63, 3.8) is 0 Å². The highest BCUT2D eigenvalue weighted by atomic mass is 16.3. The zero-order valence-electron chi connectivity index (χ0n) is 10.9. The average molecular weight is 254 g/mol. The highest BCUT2D eigenvalue weighted by Gasteiger charge is 2.04. The van der Waals surface area contributed by atoms with E-state index in [9.17, 15) is 4.79 Å². The van der Waals surface area contributed by atoms with Crippen LogP contribution in [0.4, 0.5) is 0 Å². The number of carbonyl (C=O) groups excluding carboxylic acids is 1. The van der Waals surface area contributed by atoms with Crippen LogP contribution in [0, 0.1) is 0 Å². The van der Waals surface area contributed by atoms with E-state index in [-0.39, 0.29) is 12.4 Å². The summed E-state index contributed by atoms with van der Waals surface area (Å²) in [5, 5.41) is 8.96. The number of Topliss-reactive ketones (excluding diaryl/α,β-unsaturated/α-hetero) is 1. The predicted octanol–water partition coefficient (Wildman–Crippen LogP) is 3.38. The van der Waals surface area contributed by atoms with Gasteiger partial charge in [-0.3, -0.25) is 4.79 Å². The number of aryl methyl sites for hydroxylation is 1. The topological polar surface area (TPSA) is 37.3 Å². The molecule has 0 amide bonds. The van der Waals surface area contributed by atoms with Crippen molar-refractivity contribution in [1.82, 2.24) is 0 Å². The van der Waals surface area contributed by atoms with Crippen molar-refractivity contribution in [3.8, 4) is 0 Å². The Balaban J connectivity index is 1.81. The number of aliphatic hydroxyl groups is 1. The van der Waals surface area contributed by atoms with Crippen LogP contribution in [0.5, 0.6) is 0 Å². The molecule has 0 radical (unpaired) electrons. The Hall–Kier alpha value is -1.93. The Morgan fingerprint density at radius 2 is 1.53 bits per heavy atom. The molecule has 0 heterocycles. The number of benzene rings is 2. The highest BCUT2D eigenvalue weighted by molar-refractivity contribution is 5.95. The van der Waals surface area contributed by atoms with Crippen molar-refractivity contribution in [2.45, 2.75) is 25.9 Å². The van der Waals surface area contributed by atoms with E-state index in [0.717, 1.165) is 24.0 Å². The molecule has 2 nitrogen and oxygen atoms in total. The molecule has 0 aliphatic heterocycles. The minimum atomic E-state index is 0.0762. The van der Waals surface area contributed by atoms with Crippen molar-refractivity contribution in [1.29, 1.82) is 0 Å². The van der Waals surface area contributed by atoms with Crippen molar-refractivity contribution < 1.29 is 9.90 Å². The zero-order chi connectivity index (χ0) is 13.5. The molecule has 2 aromatic carbocycles. The number of rotatable bonds is 6. The summed E-state index contributed by atoms with van der Waals surface area (Å²) in [5.74, 6) is 0.201. The molecule has 0 bridgehead atoms. The Kier molecular flexibility index (Phi) is 4.87. The first kappa shape index (κ1) is 13.5. The maximum absolute atomic E-state index is 11.9. The Bertz CT molecular complexity index is 515. The SMILES string of the molecule is O=C(CCCc1ccc(CO)cc1)c1ccccc1. The first-order valence-corrected chi connectivity index (χ1v) is 6.56. The minimum Gasteiger partial charge on any atom is -0.392 e. The van der Waals surface area contributed by atoms with Crippen LogP contribution in [-0.2, 0) is 13.0 Å². The van der Waals surface area contributed by atoms with Gasteiger partial charge in [-0.05, 0) is 24.0 Å². The molecular formula is C17H18O2. The summed E-state index contributed by atoms with van der Waals surface area (Å²) in [6, 6.07) is 17.3. The van der Waals surface area contributed by atoms with Crippen LogP contribution in [0.15, 0.2) is 54.6 Å². The maximum atomic E-state index is 11.9. The standard InChI is InChI=1S/C17H18O2/c18-13-15-11-9-14(10-12-15)5-4-8-17(19)16-6-2-1-3-7-16/h1-3,6-7,9-12,18H,4-5,8,13H2. The first-order valence-electron chi connectivity index (χ1n) is 6.56. The molecule has 0 unspecified atom stereocenters. The monoisotopic (exact) mass is 254 g/mol. The Morgan fingerprint density at radius 3 is 2.16 bits per heavy atom. The van der Waals surface area contributed by atoms with Gasteiger partial charge in [-0.1, -0.05) is 54.6 Å². The van der Waals surface area contributed by atoms with Gasteiger partial charge in [0.2, 0.25) is 0 Å². The van der Waals surface area contributed by atoms with Gasteiger partial charge < -0.3 is 5.11 Å². The third kappa shape index (κ3) is 4.04. The molecule has 2 aromatic rings. The van der Waals surface area contributed by atoms with E-state index in [1.165, 1.54) is 5.56 Å². The van der Waals surface area contributed by atoms with E-state index in [4.69, 9.17) is 5.11 Å². The summed E-state index contributed by atoms with van der Waals surface area (Å²) in [5.41, 5.74) is 2.92. The van der Waals surface area contributed by atoms with E-state index in [1.807, 2.05) is 54.6 Å². The van der Waals surface area contributed by atoms with Crippen molar-refractivity contribution in [2.75, 3.05) is 0 Å². The predicted molar refractivity (Wildman–Crippen MR) is 76.1 cm³/mol. The molecule has 2 heteroatoms. The first-order chi connectivity index (χ1) is 9.29. The average Bonchev–Trinajstić information content (AvgIpc) is 2.49. The van der Waals surface area contributed by atoms with Crippen LogP contribution in [-0.4, -0.2) is 10.9 Å². The Labute approximate surface area is 113 Å². The fourth-order valence-electron chi connectivity index (χ4n) is 2.03. The molecular weight excluding hydrogens is 236 g/mol. The fourth-order valence-corrected chi connectivity index (χ4v) is 2.03. The lowest BCUT2D eigenvalue weighted by Gasteiger charge is -2.03. The number of carbonyl (C=O) groups is 1. The van der Waals surface area contributed by atoms with Gasteiger partial charge in [0.15, 0.2) is 5.78 Å². The van der Waals surface area contributed by atoms with E-state index in [1.54, 1.807) is 0 Å². The van der Waals surface area contributed by atoms with Crippen LogP contribution >= 0.6 is 0 Å². The fraction of sp³-hybridized carbons (Fsp3) is 0.235. The van der Waals surface area contributed by atoms with Gasteiger partial charge in [-0.25, -0.2) is 0 Å². The lowest BCUT2D eigenvalue weighted by atomic mass is 10.0. The summed E-state index contributed by atoms with van der Waals surface area (Å²) in [7, 11) is 0. The third-order valence-electron chi connectivity index (χ3n) is 3.17. The summed E-state index contributed by atoms with van der Waals surface area (Å²) in [4.78, 5) is 11.9. The van der Waals surface area contributed by atoms with Crippen LogP contribution in [0.1, 0.15) is 34.3 Å². The molecule has 0 aliphatic carbocycles. The number of hydrogen-bond donors (Lipinski definition) is 1. The molecule has 0 saturated carbocycles. The molecule has 2 rings (SSSR count). The highest BCUT2D eigenvalue weighted by Crippen LogP contribution is 2.10.